The van der Waals surface area contributed by atoms with E-state index in [1.54, 1.807) is 22.9 Å². The number of hydrogen-bond acceptors (Lipinski definition) is 4. The van der Waals surface area contributed by atoms with E-state index in [0.29, 0.717) is 17.6 Å². The van der Waals surface area contributed by atoms with Crippen LogP contribution < -0.4 is 0 Å². The van der Waals surface area contributed by atoms with Crippen molar-refractivity contribution in [3.05, 3.63) is 23.8 Å². The molecule has 20 heavy (non-hydrogen) atoms. The Morgan fingerprint density at radius 1 is 1.35 bits per heavy atom. The van der Waals surface area contributed by atoms with E-state index in [2.05, 4.69) is 29.1 Å². The highest BCUT2D eigenvalue weighted by Crippen LogP contribution is 2.17. The van der Waals surface area contributed by atoms with Crippen LogP contribution >= 0.6 is 0 Å². The summed E-state index contributed by atoms with van der Waals surface area (Å²) >= 11 is 0. The van der Waals surface area contributed by atoms with Crippen molar-refractivity contribution in [2.75, 3.05) is 19.6 Å². The number of hydrogen-bond donors (Lipinski definition) is 1. The second-order valence-corrected chi connectivity index (χ2v) is 4.67. The number of nitrogens with zero attached hydrogens (tertiary/aromatic N) is 4. The SMILES string of the molecule is CCN(CC)CCCn1nnc2cccc(C(=O)O)c21. The normalized spacial score (nSPS) is 11.3. The van der Waals surface area contributed by atoms with Crippen molar-refractivity contribution in [1.29, 1.82) is 0 Å². The monoisotopic (exact) mass is 276 g/mol. The lowest BCUT2D eigenvalue weighted by molar-refractivity contribution is 0.0698. The highest BCUT2D eigenvalue weighted by molar-refractivity contribution is 6.00. The summed E-state index contributed by atoms with van der Waals surface area (Å²) in [4.78, 5) is 13.6. The van der Waals surface area contributed by atoms with Gasteiger partial charge >= 0.3 is 5.97 Å². The summed E-state index contributed by atoms with van der Waals surface area (Å²) in [7, 11) is 0. The van der Waals surface area contributed by atoms with Gasteiger partial charge in [-0.2, -0.15) is 0 Å². The standard InChI is InChI=1S/C14H20N4O2/c1-3-17(4-2)9-6-10-18-13-11(14(19)20)7-5-8-12(13)15-16-18/h5,7-8H,3-4,6,9-10H2,1-2H3,(H,19,20). The van der Waals surface area contributed by atoms with Crippen LogP contribution in [-0.2, 0) is 6.54 Å². The van der Waals surface area contributed by atoms with Crippen molar-refractivity contribution < 1.29 is 9.90 Å². The first-order valence-corrected chi connectivity index (χ1v) is 6.95. The number of aromatic carboxylic acids is 1. The number of benzene rings is 1. The summed E-state index contributed by atoms with van der Waals surface area (Å²) in [5, 5.41) is 17.3. The van der Waals surface area contributed by atoms with Crippen molar-refractivity contribution in [3.63, 3.8) is 0 Å². The average molecular weight is 276 g/mol. The Hall–Kier alpha value is -1.95. The molecule has 0 atom stereocenters. The number of carboxylic acids is 1. The molecule has 0 aliphatic heterocycles. The number of aromatic nitrogens is 3. The minimum atomic E-state index is -0.942. The first-order valence-electron chi connectivity index (χ1n) is 6.95. The first kappa shape index (κ1) is 14.5. The predicted octanol–water partition coefficient (Wildman–Crippen LogP) is 1.86. The Labute approximate surface area is 118 Å². The van der Waals surface area contributed by atoms with Crippen LogP contribution in [-0.4, -0.2) is 50.6 Å². The molecule has 0 saturated heterocycles. The number of aryl methyl sites for hydroxylation is 1. The van der Waals surface area contributed by atoms with E-state index in [4.69, 9.17) is 0 Å². The largest absolute Gasteiger partial charge is 0.478 e. The van der Waals surface area contributed by atoms with Crippen LogP contribution in [0.25, 0.3) is 11.0 Å². The van der Waals surface area contributed by atoms with Gasteiger partial charge in [0.2, 0.25) is 0 Å². The van der Waals surface area contributed by atoms with Gasteiger partial charge in [0.1, 0.15) is 11.0 Å². The van der Waals surface area contributed by atoms with Gasteiger partial charge in [-0.05, 0) is 38.2 Å². The van der Waals surface area contributed by atoms with Crippen molar-refractivity contribution in [2.45, 2.75) is 26.8 Å². The third-order valence-electron chi connectivity index (χ3n) is 3.50. The molecule has 0 radical (unpaired) electrons. The molecular weight excluding hydrogens is 256 g/mol. The van der Waals surface area contributed by atoms with Crippen molar-refractivity contribution in [1.82, 2.24) is 19.9 Å². The number of rotatable bonds is 7. The molecule has 1 aromatic heterocycles. The molecule has 2 rings (SSSR count). The van der Waals surface area contributed by atoms with Crippen LogP contribution in [0.5, 0.6) is 0 Å². The van der Waals surface area contributed by atoms with Crippen molar-refractivity contribution in [2.24, 2.45) is 0 Å². The van der Waals surface area contributed by atoms with Crippen LogP contribution in [0.15, 0.2) is 18.2 Å². The van der Waals surface area contributed by atoms with E-state index >= 15 is 0 Å². The first-order chi connectivity index (χ1) is 9.67. The van der Waals surface area contributed by atoms with Gasteiger partial charge in [0.05, 0.1) is 5.56 Å². The number of carbonyl (C=O) groups is 1. The average Bonchev–Trinajstić information content (AvgIpc) is 2.86. The third-order valence-corrected chi connectivity index (χ3v) is 3.50. The fourth-order valence-corrected chi connectivity index (χ4v) is 2.34. The molecule has 0 fully saturated rings. The highest BCUT2D eigenvalue weighted by Gasteiger charge is 2.14. The lowest BCUT2D eigenvalue weighted by atomic mass is 10.2. The van der Waals surface area contributed by atoms with Crippen LogP contribution in [0.3, 0.4) is 0 Å². The fourth-order valence-electron chi connectivity index (χ4n) is 2.34. The molecule has 0 aliphatic carbocycles. The van der Waals surface area contributed by atoms with Crippen molar-refractivity contribution >= 4 is 17.0 Å². The van der Waals surface area contributed by atoms with Gasteiger partial charge < -0.3 is 10.0 Å². The summed E-state index contributed by atoms with van der Waals surface area (Å²) < 4.78 is 1.70. The van der Waals surface area contributed by atoms with Crippen LogP contribution in [0.2, 0.25) is 0 Å². The number of carboxylic acid groups (broad SMARTS) is 1. The molecule has 108 valence electrons. The van der Waals surface area contributed by atoms with Crippen molar-refractivity contribution in [3.8, 4) is 0 Å². The van der Waals surface area contributed by atoms with Gasteiger partial charge in [-0.15, -0.1) is 5.10 Å². The lowest BCUT2D eigenvalue weighted by Crippen LogP contribution is -2.25. The van der Waals surface area contributed by atoms with E-state index in [9.17, 15) is 9.90 Å². The van der Waals surface area contributed by atoms with E-state index in [0.717, 1.165) is 26.1 Å². The third kappa shape index (κ3) is 2.96. The smallest absolute Gasteiger partial charge is 0.337 e. The molecule has 0 unspecified atom stereocenters. The topological polar surface area (TPSA) is 71.2 Å². The van der Waals surface area contributed by atoms with Gasteiger partial charge in [-0.3, -0.25) is 0 Å². The molecule has 0 saturated carbocycles. The summed E-state index contributed by atoms with van der Waals surface area (Å²) in [5.74, 6) is -0.942. The Bertz CT molecular complexity index is 590. The maximum atomic E-state index is 11.3. The van der Waals surface area contributed by atoms with Gasteiger partial charge in [-0.25, -0.2) is 9.48 Å². The Kier molecular flexibility index (Phi) is 4.68. The van der Waals surface area contributed by atoms with E-state index in [1.807, 2.05) is 0 Å². The Balaban J connectivity index is 2.16. The lowest BCUT2D eigenvalue weighted by Gasteiger charge is -2.17. The van der Waals surface area contributed by atoms with Crippen LogP contribution in [0.4, 0.5) is 0 Å². The molecule has 6 nitrogen and oxygen atoms in total. The minimum absolute atomic E-state index is 0.260. The maximum Gasteiger partial charge on any atom is 0.337 e. The second-order valence-electron chi connectivity index (χ2n) is 4.67. The van der Waals surface area contributed by atoms with Crippen LogP contribution in [0.1, 0.15) is 30.6 Å². The van der Waals surface area contributed by atoms with E-state index < -0.39 is 5.97 Å². The molecule has 0 aliphatic rings. The van der Waals surface area contributed by atoms with Gasteiger partial charge in [0, 0.05) is 6.54 Å². The number of fused-ring (bicyclic) bond motifs is 1. The molecule has 6 heteroatoms. The molecule has 2 aromatic rings. The molecule has 1 aromatic carbocycles. The molecule has 0 spiro atoms. The Morgan fingerprint density at radius 3 is 2.75 bits per heavy atom. The maximum absolute atomic E-state index is 11.3. The zero-order chi connectivity index (χ0) is 14.5. The summed E-state index contributed by atoms with van der Waals surface area (Å²) in [6.07, 6.45) is 0.925. The summed E-state index contributed by atoms with van der Waals surface area (Å²) in [5.41, 5.74) is 1.50. The zero-order valence-corrected chi connectivity index (χ0v) is 11.9. The summed E-state index contributed by atoms with van der Waals surface area (Å²) in [6, 6.07) is 5.07. The highest BCUT2D eigenvalue weighted by atomic mass is 16.4. The Morgan fingerprint density at radius 2 is 2.10 bits per heavy atom. The molecule has 0 bridgehead atoms. The van der Waals surface area contributed by atoms with Gasteiger partial charge in [-0.1, -0.05) is 25.1 Å². The predicted molar refractivity (Wildman–Crippen MR) is 76.9 cm³/mol. The fraction of sp³-hybridized carbons (Fsp3) is 0.500. The molecule has 1 heterocycles. The molecular formula is C14H20N4O2. The van der Waals surface area contributed by atoms with E-state index in [1.165, 1.54) is 0 Å². The second kappa shape index (κ2) is 6.47. The summed E-state index contributed by atoms with van der Waals surface area (Å²) in [6.45, 7) is 7.97. The molecule has 0 amide bonds. The van der Waals surface area contributed by atoms with Gasteiger partial charge in [0.25, 0.3) is 0 Å². The minimum Gasteiger partial charge on any atom is -0.478 e. The quantitative estimate of drug-likeness (QED) is 0.835. The number of para-hydroxylation sites is 1. The van der Waals surface area contributed by atoms with Gasteiger partial charge in [0.15, 0.2) is 0 Å². The van der Waals surface area contributed by atoms with Crippen LogP contribution in [0, 0.1) is 0 Å². The molecule has 1 N–H and O–H groups in total. The zero-order valence-electron chi connectivity index (χ0n) is 11.9. The van der Waals surface area contributed by atoms with E-state index in [-0.39, 0.29) is 5.56 Å².